The minimum Gasteiger partial charge on any atom is -0.414 e. The van der Waals surface area contributed by atoms with Crippen molar-refractivity contribution in [2.24, 2.45) is 0 Å². The lowest BCUT2D eigenvalue weighted by atomic mass is 10.0. The fraction of sp³-hybridized carbons (Fsp3) is 1.00. The molecular weight excluding hydrogens is 412 g/mol. The lowest BCUT2D eigenvalue weighted by Crippen LogP contribution is -2.41. The molecule has 0 amide bonds. The van der Waals surface area contributed by atoms with Crippen LogP contribution in [-0.2, 0) is 13.9 Å². The van der Waals surface area contributed by atoms with Gasteiger partial charge < -0.3 is 13.9 Å². The number of hydrogen-bond acceptors (Lipinski definition) is 3. The first-order valence-electron chi connectivity index (χ1n) is 14.1. The van der Waals surface area contributed by atoms with E-state index in [4.69, 9.17) is 13.9 Å². The van der Waals surface area contributed by atoms with Gasteiger partial charge in [0.2, 0.25) is 0 Å². The molecule has 0 radical (unpaired) electrons. The zero-order chi connectivity index (χ0) is 24.0. The largest absolute Gasteiger partial charge is 0.414 e. The monoisotopic (exact) mass is 472 g/mol. The molecule has 0 aromatic rings. The summed E-state index contributed by atoms with van der Waals surface area (Å²) in [5.41, 5.74) is 0. The highest BCUT2D eigenvalue weighted by molar-refractivity contribution is 6.74. The highest BCUT2D eigenvalue weighted by Crippen LogP contribution is 2.36. The fourth-order valence-corrected chi connectivity index (χ4v) is 4.67. The Hall–Kier alpha value is 0.0969. The van der Waals surface area contributed by atoms with Gasteiger partial charge in [0.1, 0.15) is 0 Å². The van der Waals surface area contributed by atoms with Gasteiger partial charge in [0.15, 0.2) is 8.32 Å². The van der Waals surface area contributed by atoms with Crippen LogP contribution in [0.1, 0.15) is 130 Å². The van der Waals surface area contributed by atoms with Crippen LogP contribution in [0, 0.1) is 0 Å². The van der Waals surface area contributed by atoms with Crippen LogP contribution in [0.3, 0.4) is 0 Å². The molecule has 0 bridgehead atoms. The Morgan fingerprint density at radius 1 is 0.469 bits per heavy atom. The molecule has 0 aromatic heterocycles. The molecule has 3 nitrogen and oxygen atoms in total. The molecule has 0 unspecified atom stereocenters. The molecule has 0 aromatic carbocycles. The Morgan fingerprint density at radius 3 is 1.22 bits per heavy atom. The summed E-state index contributed by atoms with van der Waals surface area (Å²) in [6, 6.07) is 0. The van der Waals surface area contributed by atoms with Crippen molar-refractivity contribution in [2.45, 2.75) is 149 Å². The van der Waals surface area contributed by atoms with Crippen LogP contribution in [0.15, 0.2) is 0 Å². The van der Waals surface area contributed by atoms with Crippen LogP contribution in [0.5, 0.6) is 0 Å². The molecular formula is C28H60O3Si. The van der Waals surface area contributed by atoms with Crippen LogP contribution in [0.25, 0.3) is 0 Å². The Bertz CT molecular complexity index is 379. The van der Waals surface area contributed by atoms with Gasteiger partial charge >= 0.3 is 0 Å². The van der Waals surface area contributed by atoms with Crippen molar-refractivity contribution in [1.82, 2.24) is 0 Å². The van der Waals surface area contributed by atoms with E-state index < -0.39 is 8.32 Å². The molecule has 0 fully saturated rings. The molecule has 0 heterocycles. The Morgan fingerprint density at radius 2 is 0.812 bits per heavy atom. The molecule has 0 aliphatic heterocycles. The van der Waals surface area contributed by atoms with Crippen molar-refractivity contribution in [3.63, 3.8) is 0 Å². The normalized spacial score (nSPS) is 12.6. The molecule has 0 atom stereocenters. The van der Waals surface area contributed by atoms with Gasteiger partial charge in [0, 0.05) is 6.61 Å². The molecule has 0 saturated carbocycles. The van der Waals surface area contributed by atoms with Crippen LogP contribution in [-0.4, -0.2) is 41.4 Å². The number of rotatable bonds is 24. The predicted octanol–water partition coefficient (Wildman–Crippen LogP) is 9.30. The van der Waals surface area contributed by atoms with Crippen molar-refractivity contribution in [1.29, 1.82) is 0 Å². The number of ether oxygens (including phenoxy) is 2. The van der Waals surface area contributed by atoms with Gasteiger partial charge in [-0.15, -0.1) is 0 Å². The first-order valence-corrected chi connectivity index (χ1v) is 17.0. The summed E-state index contributed by atoms with van der Waals surface area (Å²) >= 11 is 0. The van der Waals surface area contributed by atoms with Crippen LogP contribution in [0.2, 0.25) is 18.1 Å². The summed E-state index contributed by atoms with van der Waals surface area (Å²) < 4.78 is 17.5. The second-order valence-corrected chi connectivity index (χ2v) is 15.9. The van der Waals surface area contributed by atoms with Gasteiger partial charge in [-0.1, -0.05) is 124 Å². The summed E-state index contributed by atoms with van der Waals surface area (Å²) in [4.78, 5) is 0. The summed E-state index contributed by atoms with van der Waals surface area (Å²) in [7, 11) is -1.63. The standard InChI is InChI=1S/C28H60O3Si/c1-7-8-9-10-11-12-13-14-15-16-17-18-19-20-21-22-23-29-24-25-30-26-27-31-32(5,6)28(2,3)4/h7-27H2,1-6H3. The Balaban J connectivity index is 3.15. The van der Waals surface area contributed by atoms with Crippen LogP contribution in [0.4, 0.5) is 0 Å². The highest BCUT2D eigenvalue weighted by Gasteiger charge is 2.36. The van der Waals surface area contributed by atoms with Gasteiger partial charge in [-0.3, -0.25) is 0 Å². The summed E-state index contributed by atoms with van der Waals surface area (Å²) in [6.45, 7) is 17.3. The lowest BCUT2D eigenvalue weighted by Gasteiger charge is -2.36. The number of hydrogen-bond donors (Lipinski definition) is 0. The summed E-state index contributed by atoms with van der Waals surface area (Å²) in [5.74, 6) is 0. The highest BCUT2D eigenvalue weighted by atomic mass is 28.4. The van der Waals surface area contributed by atoms with E-state index in [9.17, 15) is 0 Å². The smallest absolute Gasteiger partial charge is 0.192 e. The molecule has 0 spiro atoms. The van der Waals surface area contributed by atoms with Gasteiger partial charge in [0.05, 0.1) is 26.4 Å². The lowest BCUT2D eigenvalue weighted by molar-refractivity contribution is 0.0336. The van der Waals surface area contributed by atoms with E-state index in [0.717, 1.165) is 6.61 Å². The van der Waals surface area contributed by atoms with E-state index in [-0.39, 0.29) is 5.04 Å². The SMILES string of the molecule is CCCCCCCCCCCCCCCCCCOCCOCCO[Si](C)(C)C(C)(C)C. The topological polar surface area (TPSA) is 27.7 Å². The van der Waals surface area contributed by atoms with E-state index in [0.29, 0.717) is 26.4 Å². The molecule has 4 heteroatoms. The summed E-state index contributed by atoms with van der Waals surface area (Å²) in [6.07, 6.45) is 22.5. The third-order valence-corrected chi connectivity index (χ3v) is 11.5. The second-order valence-electron chi connectivity index (χ2n) is 11.1. The van der Waals surface area contributed by atoms with Gasteiger partial charge in [-0.2, -0.15) is 0 Å². The Labute approximate surface area is 203 Å². The second kappa shape index (κ2) is 21.6. The van der Waals surface area contributed by atoms with Crippen molar-refractivity contribution in [3.05, 3.63) is 0 Å². The van der Waals surface area contributed by atoms with Crippen LogP contribution < -0.4 is 0 Å². The van der Waals surface area contributed by atoms with E-state index in [1.807, 2.05) is 0 Å². The number of unbranched alkanes of at least 4 members (excludes halogenated alkanes) is 15. The molecule has 32 heavy (non-hydrogen) atoms. The van der Waals surface area contributed by atoms with Gasteiger partial charge in [-0.25, -0.2) is 0 Å². The predicted molar refractivity (Wildman–Crippen MR) is 144 cm³/mol. The first-order chi connectivity index (χ1) is 15.3. The maximum absolute atomic E-state index is 6.11. The maximum atomic E-state index is 6.11. The quantitative estimate of drug-likeness (QED) is 0.103. The van der Waals surface area contributed by atoms with Crippen molar-refractivity contribution in [3.8, 4) is 0 Å². The van der Waals surface area contributed by atoms with Crippen LogP contribution >= 0.6 is 0 Å². The van der Waals surface area contributed by atoms with E-state index >= 15 is 0 Å². The third-order valence-electron chi connectivity index (χ3n) is 7.01. The molecule has 0 rings (SSSR count). The average molecular weight is 473 g/mol. The fourth-order valence-electron chi connectivity index (χ4n) is 3.65. The zero-order valence-corrected chi connectivity index (χ0v) is 24.1. The first kappa shape index (κ1) is 32.1. The zero-order valence-electron chi connectivity index (χ0n) is 23.1. The molecule has 0 N–H and O–H groups in total. The Kier molecular flexibility index (Phi) is 21.7. The molecule has 0 aliphatic rings. The molecule has 0 saturated heterocycles. The average Bonchev–Trinajstić information content (AvgIpc) is 2.73. The van der Waals surface area contributed by atoms with Gasteiger partial charge in [0.25, 0.3) is 0 Å². The van der Waals surface area contributed by atoms with E-state index in [1.54, 1.807) is 0 Å². The van der Waals surface area contributed by atoms with E-state index in [2.05, 4.69) is 40.8 Å². The summed E-state index contributed by atoms with van der Waals surface area (Å²) in [5, 5.41) is 0.267. The molecule has 0 aliphatic carbocycles. The van der Waals surface area contributed by atoms with Crippen molar-refractivity contribution >= 4 is 8.32 Å². The van der Waals surface area contributed by atoms with Crippen molar-refractivity contribution < 1.29 is 13.9 Å². The third kappa shape index (κ3) is 20.7. The van der Waals surface area contributed by atoms with Crippen molar-refractivity contribution in [2.75, 3.05) is 33.0 Å². The maximum Gasteiger partial charge on any atom is 0.192 e. The molecule has 194 valence electrons. The van der Waals surface area contributed by atoms with Gasteiger partial charge in [-0.05, 0) is 24.6 Å². The minimum atomic E-state index is -1.63. The van der Waals surface area contributed by atoms with E-state index in [1.165, 1.54) is 103 Å². The minimum absolute atomic E-state index is 0.267.